The van der Waals surface area contributed by atoms with Crippen LogP contribution in [0.5, 0.6) is 5.75 Å². The lowest BCUT2D eigenvalue weighted by Gasteiger charge is -2.09. The second kappa shape index (κ2) is 8.32. The molecule has 0 aliphatic rings. The zero-order valence-corrected chi connectivity index (χ0v) is 12.8. The van der Waals surface area contributed by atoms with Gasteiger partial charge in [0.05, 0.1) is 18.5 Å². The van der Waals surface area contributed by atoms with Crippen molar-refractivity contribution in [1.82, 2.24) is 0 Å². The maximum absolute atomic E-state index is 6.04. The number of rotatable bonds is 7. The van der Waals surface area contributed by atoms with Gasteiger partial charge in [0.25, 0.3) is 0 Å². The van der Waals surface area contributed by atoms with Gasteiger partial charge < -0.3 is 4.74 Å². The normalized spacial score (nSPS) is 10.8. The van der Waals surface area contributed by atoms with E-state index in [1.54, 1.807) is 6.21 Å². The zero-order valence-electron chi connectivity index (χ0n) is 12.1. The summed E-state index contributed by atoms with van der Waals surface area (Å²) in [4.78, 5) is 0. The van der Waals surface area contributed by atoms with Crippen molar-refractivity contribution >= 4 is 23.5 Å². The first-order valence-electron chi connectivity index (χ1n) is 7.06. The first-order chi connectivity index (χ1) is 10.3. The monoisotopic (exact) mass is 302 g/mol. The molecule has 0 amide bonds. The van der Waals surface area contributed by atoms with Crippen molar-refractivity contribution < 1.29 is 4.74 Å². The number of nitrogens with one attached hydrogen (secondary N) is 1. The molecule has 21 heavy (non-hydrogen) atoms. The van der Waals surface area contributed by atoms with Crippen LogP contribution in [0.1, 0.15) is 25.3 Å². The van der Waals surface area contributed by atoms with Crippen molar-refractivity contribution in [2.24, 2.45) is 5.10 Å². The van der Waals surface area contributed by atoms with Gasteiger partial charge in [-0.25, -0.2) is 0 Å². The third kappa shape index (κ3) is 5.12. The Morgan fingerprint density at radius 3 is 2.76 bits per heavy atom. The highest BCUT2D eigenvalue weighted by Crippen LogP contribution is 2.21. The molecule has 2 rings (SSSR count). The minimum Gasteiger partial charge on any atom is -0.493 e. The van der Waals surface area contributed by atoms with Crippen LogP contribution >= 0.6 is 11.6 Å². The molecule has 0 radical (unpaired) electrons. The molecule has 110 valence electrons. The lowest BCUT2D eigenvalue weighted by molar-refractivity contribution is 0.309. The lowest BCUT2D eigenvalue weighted by atomic mass is 10.2. The van der Waals surface area contributed by atoms with E-state index >= 15 is 0 Å². The number of ether oxygens (including phenoxy) is 1. The Balaban J connectivity index is 2.05. The van der Waals surface area contributed by atoms with Crippen molar-refractivity contribution in [3.63, 3.8) is 0 Å². The molecule has 0 spiro atoms. The van der Waals surface area contributed by atoms with E-state index in [2.05, 4.69) is 17.5 Å². The van der Waals surface area contributed by atoms with E-state index in [4.69, 9.17) is 16.3 Å². The molecule has 0 fully saturated rings. The Hall–Kier alpha value is -2.00. The highest BCUT2D eigenvalue weighted by atomic mass is 35.5. The maximum atomic E-state index is 6.04. The van der Waals surface area contributed by atoms with Crippen LogP contribution in [0.15, 0.2) is 53.6 Å². The smallest absolute Gasteiger partial charge is 0.128 e. The summed E-state index contributed by atoms with van der Waals surface area (Å²) in [5.74, 6) is 0.798. The van der Waals surface area contributed by atoms with Gasteiger partial charge in [-0.1, -0.05) is 43.1 Å². The molecule has 4 heteroatoms. The van der Waals surface area contributed by atoms with Gasteiger partial charge in [-0.3, -0.25) is 5.43 Å². The van der Waals surface area contributed by atoms with Gasteiger partial charge in [-0.05, 0) is 36.8 Å². The van der Waals surface area contributed by atoms with Crippen LogP contribution in [0.25, 0.3) is 0 Å². The second-order valence-corrected chi connectivity index (χ2v) is 5.06. The molecule has 0 atom stereocenters. The predicted molar refractivity (Wildman–Crippen MR) is 89.5 cm³/mol. The number of hydrogen-bond acceptors (Lipinski definition) is 3. The van der Waals surface area contributed by atoms with E-state index in [0.29, 0.717) is 11.6 Å². The van der Waals surface area contributed by atoms with Gasteiger partial charge in [0.1, 0.15) is 5.75 Å². The van der Waals surface area contributed by atoms with Crippen molar-refractivity contribution in [1.29, 1.82) is 0 Å². The highest BCUT2D eigenvalue weighted by molar-refractivity contribution is 6.30. The average molecular weight is 303 g/mol. The Labute approximate surface area is 130 Å². The summed E-state index contributed by atoms with van der Waals surface area (Å²) in [6.45, 7) is 2.84. The molecule has 1 N–H and O–H groups in total. The highest BCUT2D eigenvalue weighted by Gasteiger charge is 2.02. The van der Waals surface area contributed by atoms with E-state index in [9.17, 15) is 0 Å². The van der Waals surface area contributed by atoms with Gasteiger partial charge >= 0.3 is 0 Å². The molecule has 0 saturated carbocycles. The largest absolute Gasteiger partial charge is 0.493 e. The predicted octanol–water partition coefficient (Wildman–Crippen LogP) is 4.96. The fourth-order valence-electron chi connectivity index (χ4n) is 1.77. The summed E-state index contributed by atoms with van der Waals surface area (Å²) < 4.78 is 5.76. The van der Waals surface area contributed by atoms with E-state index in [1.807, 2.05) is 48.5 Å². The number of hydrazone groups is 1. The minimum absolute atomic E-state index is 0.666. The van der Waals surface area contributed by atoms with E-state index in [1.165, 1.54) is 0 Å². The quantitative estimate of drug-likeness (QED) is 0.445. The number of benzene rings is 2. The number of unbranched alkanes of at least 4 members (excludes halogenated alkanes) is 1. The number of nitrogens with zero attached hydrogens (tertiary/aromatic N) is 1. The molecule has 0 aromatic heterocycles. The van der Waals surface area contributed by atoms with E-state index in [0.717, 1.165) is 29.8 Å². The first-order valence-corrected chi connectivity index (χ1v) is 7.44. The van der Waals surface area contributed by atoms with Gasteiger partial charge in [-0.15, -0.1) is 0 Å². The van der Waals surface area contributed by atoms with E-state index < -0.39 is 0 Å². The number of hydrogen-bond donors (Lipinski definition) is 1. The second-order valence-electron chi connectivity index (χ2n) is 4.62. The molecule has 0 heterocycles. The maximum Gasteiger partial charge on any atom is 0.128 e. The van der Waals surface area contributed by atoms with Crippen LogP contribution in [0.4, 0.5) is 5.69 Å². The SMILES string of the molecule is CCCCOc1ccc(Cl)cc1C=NNc1ccccc1. The molecule has 2 aromatic rings. The van der Waals surface area contributed by atoms with Crippen molar-refractivity contribution in [3.05, 3.63) is 59.1 Å². The summed E-state index contributed by atoms with van der Waals surface area (Å²) in [6.07, 6.45) is 3.86. The fraction of sp³-hybridized carbons (Fsp3) is 0.235. The lowest BCUT2D eigenvalue weighted by Crippen LogP contribution is -2.00. The molecule has 0 bridgehead atoms. The molecule has 0 saturated heterocycles. The Morgan fingerprint density at radius 1 is 1.19 bits per heavy atom. The van der Waals surface area contributed by atoms with E-state index in [-0.39, 0.29) is 0 Å². The number of halogens is 1. The van der Waals surface area contributed by atoms with Crippen LogP contribution in [0.3, 0.4) is 0 Å². The molecule has 2 aromatic carbocycles. The Morgan fingerprint density at radius 2 is 2.00 bits per heavy atom. The average Bonchev–Trinajstić information content (AvgIpc) is 2.51. The van der Waals surface area contributed by atoms with Crippen molar-refractivity contribution in [2.75, 3.05) is 12.0 Å². The summed E-state index contributed by atoms with van der Waals surface area (Å²) >= 11 is 6.04. The third-order valence-electron chi connectivity index (χ3n) is 2.90. The van der Waals surface area contributed by atoms with Crippen LogP contribution in [0, 0.1) is 0 Å². The third-order valence-corrected chi connectivity index (χ3v) is 3.13. The Kier molecular flexibility index (Phi) is 6.10. The zero-order chi connectivity index (χ0) is 14.9. The standard InChI is InChI=1S/C17H19ClN2O/c1-2-3-11-21-17-10-9-15(18)12-14(17)13-19-20-16-7-5-4-6-8-16/h4-10,12-13,20H,2-3,11H2,1H3. The summed E-state index contributed by atoms with van der Waals surface area (Å²) in [5, 5.41) is 4.89. The topological polar surface area (TPSA) is 33.6 Å². The molecular formula is C17H19ClN2O. The van der Waals surface area contributed by atoms with Crippen LogP contribution < -0.4 is 10.2 Å². The van der Waals surface area contributed by atoms with Crippen LogP contribution in [-0.4, -0.2) is 12.8 Å². The van der Waals surface area contributed by atoms with Gasteiger partial charge in [0, 0.05) is 10.6 Å². The van der Waals surface area contributed by atoms with Crippen LogP contribution in [0.2, 0.25) is 5.02 Å². The molecule has 0 aliphatic heterocycles. The molecule has 3 nitrogen and oxygen atoms in total. The van der Waals surface area contributed by atoms with Gasteiger partial charge in [0.15, 0.2) is 0 Å². The number of anilines is 1. The molecule has 0 unspecified atom stereocenters. The fourth-order valence-corrected chi connectivity index (χ4v) is 1.95. The van der Waals surface area contributed by atoms with Gasteiger partial charge in [-0.2, -0.15) is 5.10 Å². The van der Waals surface area contributed by atoms with Crippen molar-refractivity contribution in [2.45, 2.75) is 19.8 Å². The summed E-state index contributed by atoms with van der Waals surface area (Å²) in [7, 11) is 0. The molecular weight excluding hydrogens is 284 g/mol. The van der Waals surface area contributed by atoms with Gasteiger partial charge in [0.2, 0.25) is 0 Å². The first kappa shape index (κ1) is 15.4. The van der Waals surface area contributed by atoms with Crippen LogP contribution in [-0.2, 0) is 0 Å². The Bertz CT molecular complexity index is 585. The minimum atomic E-state index is 0.666. The molecule has 0 aliphatic carbocycles. The number of para-hydroxylation sites is 1. The summed E-state index contributed by atoms with van der Waals surface area (Å²) in [6, 6.07) is 15.3. The summed E-state index contributed by atoms with van der Waals surface area (Å²) in [5.41, 5.74) is 4.78. The van der Waals surface area contributed by atoms with Crippen molar-refractivity contribution in [3.8, 4) is 5.75 Å².